The van der Waals surface area contributed by atoms with Gasteiger partial charge in [-0.1, -0.05) is 0 Å². The molecule has 1 aromatic heterocycles. The highest BCUT2D eigenvalue weighted by molar-refractivity contribution is 7.93. The van der Waals surface area contributed by atoms with Crippen LogP contribution in [0.4, 0.5) is 0 Å². The lowest BCUT2D eigenvalue weighted by Gasteiger charge is -1.86. The summed E-state index contributed by atoms with van der Waals surface area (Å²) in [5.41, 5.74) is -0.450. The molecule has 2 N–H and O–H groups in total. The van der Waals surface area contributed by atoms with Gasteiger partial charge in [-0.2, -0.15) is 4.98 Å². The van der Waals surface area contributed by atoms with E-state index in [1.165, 1.54) is 12.3 Å². The van der Waals surface area contributed by atoms with Gasteiger partial charge in [-0.15, -0.1) is 0 Å². The molecule has 4 nitrogen and oxygen atoms in total. The van der Waals surface area contributed by atoms with Gasteiger partial charge in [-0.25, -0.2) is 4.79 Å². The molecule has 0 saturated heterocycles. The van der Waals surface area contributed by atoms with E-state index < -0.39 is 5.69 Å². The lowest BCUT2D eigenvalue weighted by molar-refractivity contribution is 0.658. The van der Waals surface area contributed by atoms with Gasteiger partial charge in [0, 0.05) is 18.2 Å². The average molecular weight is 144 g/mol. The Kier molecular flexibility index (Phi) is 1.86. The maximum absolute atomic E-state index is 10.4. The fraction of sp³-hybridized carbons (Fsp3) is 0. The van der Waals surface area contributed by atoms with Gasteiger partial charge in [0.1, 0.15) is 5.03 Å². The van der Waals surface area contributed by atoms with Crippen LogP contribution in [0, 0.1) is 0 Å². The van der Waals surface area contributed by atoms with Crippen molar-refractivity contribution in [3.63, 3.8) is 0 Å². The highest BCUT2D eigenvalue weighted by Gasteiger charge is 1.90. The minimum absolute atomic E-state index is 0.304. The predicted octanol–water partition coefficient (Wildman–Crippen LogP) is 0.335. The van der Waals surface area contributed by atoms with Crippen LogP contribution in [-0.2, 0) is 0 Å². The Morgan fingerprint density at radius 2 is 2.56 bits per heavy atom. The van der Waals surface area contributed by atoms with Crippen LogP contribution in [0.2, 0.25) is 0 Å². The average Bonchev–Trinajstić information content (AvgIpc) is 1.88. The molecule has 0 atom stereocenters. The smallest absolute Gasteiger partial charge is 0.324 e. The van der Waals surface area contributed by atoms with Crippen LogP contribution < -0.4 is 5.69 Å². The third-order valence-electron chi connectivity index (χ3n) is 0.738. The number of hydrogen-bond acceptors (Lipinski definition) is 4. The van der Waals surface area contributed by atoms with Crippen molar-refractivity contribution in [2.75, 3.05) is 0 Å². The second-order valence-corrected chi connectivity index (χ2v) is 1.93. The van der Waals surface area contributed by atoms with E-state index in [4.69, 9.17) is 4.55 Å². The van der Waals surface area contributed by atoms with Crippen molar-refractivity contribution in [2.24, 2.45) is 0 Å². The van der Waals surface area contributed by atoms with E-state index in [2.05, 4.69) is 9.97 Å². The first-order valence-electron chi connectivity index (χ1n) is 2.20. The van der Waals surface area contributed by atoms with E-state index in [1.54, 1.807) is 0 Å². The molecule has 0 aliphatic rings. The Morgan fingerprint density at radius 3 is 3.00 bits per heavy atom. The van der Waals surface area contributed by atoms with Gasteiger partial charge in [0.2, 0.25) is 0 Å². The minimum Gasteiger partial charge on any atom is -0.324 e. The zero-order valence-electron chi connectivity index (χ0n) is 4.37. The molecule has 0 spiro atoms. The maximum Gasteiger partial charge on any atom is 0.346 e. The molecule has 9 heavy (non-hydrogen) atoms. The summed E-state index contributed by atoms with van der Waals surface area (Å²) < 4.78 is 8.36. The molecule has 0 aliphatic heterocycles. The van der Waals surface area contributed by atoms with Crippen LogP contribution in [0.15, 0.2) is 22.1 Å². The molecule has 48 valence electrons. The van der Waals surface area contributed by atoms with Gasteiger partial charge in [0.15, 0.2) is 0 Å². The van der Waals surface area contributed by atoms with E-state index in [1.807, 2.05) is 0 Å². The number of rotatable bonds is 1. The molecule has 1 aromatic rings. The molecular formula is C4H4N2O2S. The first kappa shape index (κ1) is 6.31. The van der Waals surface area contributed by atoms with Crippen LogP contribution in [0.25, 0.3) is 0 Å². The van der Waals surface area contributed by atoms with Crippen molar-refractivity contribution in [3.05, 3.63) is 22.7 Å². The summed E-state index contributed by atoms with van der Waals surface area (Å²) in [6.45, 7) is 0. The Morgan fingerprint density at radius 1 is 1.78 bits per heavy atom. The molecule has 0 aliphatic carbocycles. The van der Waals surface area contributed by atoms with Crippen molar-refractivity contribution in [3.8, 4) is 0 Å². The SMILES string of the molecule is O=c1nc(SO)cc[nH]1. The standard InChI is InChI=1S/C4H4N2O2S/c7-4-5-2-1-3(6-4)9-8/h1-2,8H,(H,5,6,7). The first-order valence-corrected chi connectivity index (χ1v) is 2.97. The quantitative estimate of drug-likeness (QED) is 0.440. The summed E-state index contributed by atoms with van der Waals surface area (Å²) >= 11 is 0.452. The number of aromatic nitrogens is 2. The lowest BCUT2D eigenvalue weighted by Crippen LogP contribution is -2.08. The highest BCUT2D eigenvalue weighted by Crippen LogP contribution is 2.04. The Labute approximate surface area is 55.2 Å². The molecule has 0 aromatic carbocycles. The molecule has 0 radical (unpaired) electrons. The summed E-state index contributed by atoms with van der Waals surface area (Å²) in [5.74, 6) is 0. The van der Waals surface area contributed by atoms with E-state index in [0.717, 1.165) is 0 Å². The van der Waals surface area contributed by atoms with Crippen molar-refractivity contribution in [2.45, 2.75) is 5.03 Å². The normalized spacial score (nSPS) is 9.44. The van der Waals surface area contributed by atoms with E-state index in [9.17, 15) is 4.79 Å². The summed E-state index contributed by atoms with van der Waals surface area (Å²) in [7, 11) is 0. The van der Waals surface area contributed by atoms with Crippen LogP contribution in [0.5, 0.6) is 0 Å². The number of aromatic amines is 1. The largest absolute Gasteiger partial charge is 0.346 e. The molecule has 1 rings (SSSR count). The molecule has 0 fully saturated rings. The Bertz CT molecular complexity index is 246. The maximum atomic E-state index is 10.4. The molecule has 0 unspecified atom stereocenters. The van der Waals surface area contributed by atoms with Gasteiger partial charge in [-0.05, 0) is 6.07 Å². The summed E-state index contributed by atoms with van der Waals surface area (Å²) in [4.78, 5) is 16.1. The van der Waals surface area contributed by atoms with Crippen LogP contribution in [0.3, 0.4) is 0 Å². The predicted molar refractivity (Wildman–Crippen MR) is 33.3 cm³/mol. The molecule has 5 heteroatoms. The summed E-state index contributed by atoms with van der Waals surface area (Å²) in [6, 6.07) is 1.51. The van der Waals surface area contributed by atoms with Gasteiger partial charge < -0.3 is 9.54 Å². The van der Waals surface area contributed by atoms with Crippen molar-refractivity contribution < 1.29 is 4.55 Å². The van der Waals surface area contributed by atoms with Crippen LogP contribution in [0.1, 0.15) is 0 Å². The third kappa shape index (κ3) is 1.55. The first-order chi connectivity index (χ1) is 4.33. The zero-order chi connectivity index (χ0) is 6.69. The van der Waals surface area contributed by atoms with Gasteiger partial charge in [0.05, 0.1) is 0 Å². The molecule has 0 bridgehead atoms. The number of nitrogens with zero attached hydrogens (tertiary/aromatic N) is 1. The molecule has 0 saturated carbocycles. The zero-order valence-corrected chi connectivity index (χ0v) is 5.18. The number of nitrogens with one attached hydrogen (secondary N) is 1. The van der Waals surface area contributed by atoms with Crippen molar-refractivity contribution in [1.82, 2.24) is 9.97 Å². The fourth-order valence-corrected chi connectivity index (χ4v) is 0.657. The lowest BCUT2D eigenvalue weighted by atomic mass is 10.7. The van der Waals surface area contributed by atoms with Gasteiger partial charge >= 0.3 is 5.69 Å². The topological polar surface area (TPSA) is 66.0 Å². The van der Waals surface area contributed by atoms with Crippen molar-refractivity contribution >= 4 is 12.0 Å². The second-order valence-electron chi connectivity index (χ2n) is 1.32. The molecule has 1 heterocycles. The summed E-state index contributed by atoms with van der Waals surface area (Å²) in [6.07, 6.45) is 1.42. The third-order valence-corrected chi connectivity index (χ3v) is 1.15. The Balaban J connectivity index is 3.08. The molecular weight excluding hydrogens is 140 g/mol. The summed E-state index contributed by atoms with van der Waals surface area (Å²) in [5, 5.41) is 0.304. The highest BCUT2D eigenvalue weighted by atomic mass is 32.2. The Hall–Kier alpha value is -0.810. The molecule has 0 amide bonds. The van der Waals surface area contributed by atoms with Crippen molar-refractivity contribution in [1.29, 1.82) is 0 Å². The van der Waals surface area contributed by atoms with Crippen LogP contribution >= 0.6 is 12.0 Å². The van der Waals surface area contributed by atoms with Gasteiger partial charge in [-0.3, -0.25) is 0 Å². The van der Waals surface area contributed by atoms with Crippen LogP contribution in [-0.4, -0.2) is 14.5 Å². The van der Waals surface area contributed by atoms with Gasteiger partial charge in [0.25, 0.3) is 0 Å². The monoisotopic (exact) mass is 144 g/mol. The number of hydrogen-bond donors (Lipinski definition) is 2. The minimum atomic E-state index is -0.450. The number of H-pyrrole nitrogens is 1. The van der Waals surface area contributed by atoms with E-state index in [-0.39, 0.29) is 0 Å². The second kappa shape index (κ2) is 2.65. The van der Waals surface area contributed by atoms with E-state index in [0.29, 0.717) is 17.1 Å². The van der Waals surface area contributed by atoms with E-state index >= 15 is 0 Å². The fourth-order valence-electron chi connectivity index (χ4n) is 0.405.